The maximum Gasteiger partial charge on any atom is 0.291 e. The number of hydrogen-bond acceptors (Lipinski definition) is 5. The third-order valence-corrected chi connectivity index (χ3v) is 5.88. The highest BCUT2D eigenvalue weighted by Gasteiger charge is 2.62. The molecular formula is C22H29ClN2O4. The Morgan fingerprint density at radius 2 is 1.97 bits per heavy atom. The zero-order valence-electron chi connectivity index (χ0n) is 17.5. The van der Waals surface area contributed by atoms with E-state index < -0.39 is 11.6 Å². The number of benzene rings is 1. The van der Waals surface area contributed by atoms with Crippen molar-refractivity contribution in [1.29, 1.82) is 0 Å². The van der Waals surface area contributed by atoms with Crippen LogP contribution in [0.4, 0.5) is 0 Å². The molecule has 0 radical (unpaired) electrons. The molecule has 2 heterocycles. The van der Waals surface area contributed by atoms with E-state index in [1.165, 1.54) is 18.0 Å². The zero-order valence-corrected chi connectivity index (χ0v) is 18.2. The van der Waals surface area contributed by atoms with Gasteiger partial charge in [-0.05, 0) is 30.9 Å². The molecule has 3 rings (SSSR count). The summed E-state index contributed by atoms with van der Waals surface area (Å²) in [6.45, 7) is 6.72. The van der Waals surface area contributed by atoms with Crippen LogP contribution in [0.15, 0.2) is 22.9 Å². The number of phenols is 1. The van der Waals surface area contributed by atoms with Crippen LogP contribution in [-0.2, 0) is 11.2 Å². The summed E-state index contributed by atoms with van der Waals surface area (Å²) in [4.78, 5) is 27.4. The first-order valence-electron chi connectivity index (χ1n) is 10.3. The fourth-order valence-electron chi connectivity index (χ4n) is 3.86. The van der Waals surface area contributed by atoms with Crippen LogP contribution in [0.2, 0.25) is 0 Å². The van der Waals surface area contributed by atoms with Gasteiger partial charge in [0.25, 0.3) is 11.6 Å². The van der Waals surface area contributed by atoms with Gasteiger partial charge < -0.3 is 15.2 Å². The predicted octanol–water partition coefficient (Wildman–Crippen LogP) is 3.95. The normalized spacial score (nSPS) is 20.8. The summed E-state index contributed by atoms with van der Waals surface area (Å²) >= 11 is 6.32. The molecule has 158 valence electrons. The largest absolute Gasteiger partial charge is 0.508 e. The molecule has 1 amide bonds. The minimum atomic E-state index is -1.64. The van der Waals surface area contributed by atoms with Gasteiger partial charge in [0.2, 0.25) is 5.78 Å². The number of ketones is 1. The number of nitrogens with one attached hydrogen (secondary N) is 1. The second kappa shape index (κ2) is 8.27. The van der Waals surface area contributed by atoms with Gasteiger partial charge in [-0.15, -0.1) is 0 Å². The Labute approximate surface area is 176 Å². The molecule has 0 saturated heterocycles. The molecule has 29 heavy (non-hydrogen) atoms. The number of carbonyl (C=O) groups is 2. The van der Waals surface area contributed by atoms with Gasteiger partial charge in [-0.25, -0.2) is 0 Å². The lowest BCUT2D eigenvalue weighted by Gasteiger charge is -2.32. The van der Waals surface area contributed by atoms with Gasteiger partial charge in [-0.1, -0.05) is 51.6 Å². The lowest BCUT2D eigenvalue weighted by molar-refractivity contribution is -0.132. The summed E-state index contributed by atoms with van der Waals surface area (Å²) in [5.41, 5.74) is -0.394. The molecule has 2 aliphatic rings. The molecule has 0 aliphatic carbocycles. The van der Waals surface area contributed by atoms with E-state index in [4.69, 9.17) is 16.3 Å². The van der Waals surface area contributed by atoms with Crippen LogP contribution in [0.25, 0.3) is 0 Å². The van der Waals surface area contributed by atoms with E-state index >= 15 is 0 Å². The molecule has 0 fully saturated rings. The number of rotatable bonds is 8. The number of nitrogens with zero attached hydrogens (tertiary/aromatic N) is 1. The van der Waals surface area contributed by atoms with Crippen LogP contribution in [0, 0.1) is 5.92 Å². The number of hydrogen-bond donors (Lipinski definition) is 2. The summed E-state index contributed by atoms with van der Waals surface area (Å²) in [5.74, 6) is -0.0832. The molecule has 7 heteroatoms. The molecule has 1 unspecified atom stereocenters. The number of amides is 1. The van der Waals surface area contributed by atoms with Gasteiger partial charge in [0.15, 0.2) is 0 Å². The number of aromatic hydroxyl groups is 1. The fraction of sp³-hybridized carbons (Fsp3) is 0.545. The Balaban J connectivity index is 2.01. The third-order valence-electron chi connectivity index (χ3n) is 5.53. The van der Waals surface area contributed by atoms with Crippen LogP contribution in [0.3, 0.4) is 0 Å². The van der Waals surface area contributed by atoms with E-state index in [-0.39, 0.29) is 28.2 Å². The number of carbonyl (C=O) groups excluding carboxylic acids is 2. The number of fused-ring (bicyclic) bond motifs is 1. The van der Waals surface area contributed by atoms with Gasteiger partial charge in [0.05, 0.1) is 5.56 Å². The number of likely N-dealkylation sites (N-methyl/N-ethyl adjacent to an activating group) is 1. The molecule has 1 aromatic rings. The number of Topliss-reactive ketones (excluding diaryl/α,β-unsaturated/α-hetero) is 1. The van der Waals surface area contributed by atoms with Crippen LogP contribution in [-0.4, -0.2) is 41.0 Å². The fourth-order valence-corrected chi connectivity index (χ4v) is 4.18. The van der Waals surface area contributed by atoms with Gasteiger partial charge in [-0.2, -0.15) is 0 Å². The Hall–Kier alpha value is -2.21. The summed E-state index contributed by atoms with van der Waals surface area (Å²) in [7, 11) is 1.51. The molecule has 0 saturated carbocycles. The van der Waals surface area contributed by atoms with Gasteiger partial charge in [0.1, 0.15) is 22.2 Å². The Kier molecular flexibility index (Phi) is 6.13. The first-order chi connectivity index (χ1) is 13.8. The minimum absolute atomic E-state index is 0.0389. The molecule has 6 nitrogen and oxygen atoms in total. The molecule has 2 aliphatic heterocycles. The Morgan fingerprint density at radius 1 is 1.24 bits per heavy atom. The van der Waals surface area contributed by atoms with Gasteiger partial charge >= 0.3 is 0 Å². The van der Waals surface area contributed by atoms with E-state index in [2.05, 4.69) is 12.2 Å². The number of halogens is 1. The second-order valence-corrected chi connectivity index (χ2v) is 8.53. The highest BCUT2D eigenvalue weighted by molar-refractivity contribution is 6.44. The van der Waals surface area contributed by atoms with Crippen molar-refractivity contribution in [2.45, 2.75) is 58.6 Å². The maximum absolute atomic E-state index is 13.5. The number of unbranched alkanes of at least 4 members (excludes halogenated alkanes) is 3. The van der Waals surface area contributed by atoms with Crippen molar-refractivity contribution < 1.29 is 19.4 Å². The summed E-state index contributed by atoms with van der Waals surface area (Å²) in [6, 6.07) is 3.08. The second-order valence-electron chi connectivity index (χ2n) is 8.15. The quantitative estimate of drug-likeness (QED) is 0.622. The molecule has 0 bridgehead atoms. The van der Waals surface area contributed by atoms with E-state index in [1.807, 2.05) is 13.8 Å². The van der Waals surface area contributed by atoms with Crippen molar-refractivity contribution in [2.75, 3.05) is 13.6 Å². The molecule has 0 aromatic heterocycles. The average molecular weight is 421 g/mol. The van der Waals surface area contributed by atoms with E-state index in [9.17, 15) is 14.7 Å². The van der Waals surface area contributed by atoms with Crippen molar-refractivity contribution in [2.24, 2.45) is 5.92 Å². The Morgan fingerprint density at radius 3 is 2.62 bits per heavy atom. The zero-order chi connectivity index (χ0) is 21.3. The number of phenolic OH excluding ortho intramolecular Hbond substituents is 1. The van der Waals surface area contributed by atoms with E-state index in [0.717, 1.165) is 25.7 Å². The summed E-state index contributed by atoms with van der Waals surface area (Å²) in [5, 5.41) is 13.6. The standard InChI is InChI=1S/C22H29ClN2O4/c1-5-6-7-8-9-14-16(26)11-10-15-18(14)29-22(20(15)27)19(24-12-13(2)3)17(23)21(28)25(22)4/h10-11,13,24,26H,5-9,12H2,1-4H3. The van der Waals surface area contributed by atoms with Crippen molar-refractivity contribution in [3.05, 3.63) is 34.0 Å². The van der Waals surface area contributed by atoms with Crippen LogP contribution in [0.1, 0.15) is 62.4 Å². The molecule has 2 N–H and O–H groups in total. The van der Waals surface area contributed by atoms with Gasteiger partial charge in [0, 0.05) is 19.2 Å². The monoisotopic (exact) mass is 420 g/mol. The molecule has 1 spiro atoms. The average Bonchev–Trinajstić information content (AvgIpc) is 3.07. The smallest absolute Gasteiger partial charge is 0.291 e. The summed E-state index contributed by atoms with van der Waals surface area (Å²) in [6.07, 6.45) is 4.73. The van der Waals surface area contributed by atoms with Crippen LogP contribution >= 0.6 is 11.6 Å². The third kappa shape index (κ3) is 3.48. The van der Waals surface area contributed by atoms with Crippen molar-refractivity contribution in [1.82, 2.24) is 10.2 Å². The van der Waals surface area contributed by atoms with E-state index in [1.54, 1.807) is 6.07 Å². The highest BCUT2D eigenvalue weighted by Crippen LogP contribution is 2.49. The van der Waals surface area contributed by atoms with Crippen molar-refractivity contribution >= 4 is 23.3 Å². The molecule has 1 aromatic carbocycles. The lowest BCUT2D eigenvalue weighted by atomic mass is 9.97. The SMILES string of the molecule is CCCCCCc1c(O)ccc2c1OC1(C2=O)C(NCC(C)C)=C(Cl)C(=O)N1C. The molecular weight excluding hydrogens is 392 g/mol. The first kappa shape index (κ1) is 21.5. The van der Waals surface area contributed by atoms with Crippen LogP contribution < -0.4 is 10.1 Å². The van der Waals surface area contributed by atoms with Gasteiger partial charge in [-0.3, -0.25) is 14.5 Å². The van der Waals surface area contributed by atoms with Crippen LogP contribution in [0.5, 0.6) is 11.5 Å². The summed E-state index contributed by atoms with van der Waals surface area (Å²) < 4.78 is 6.23. The molecule has 1 atom stereocenters. The highest BCUT2D eigenvalue weighted by atomic mass is 35.5. The van der Waals surface area contributed by atoms with Crippen molar-refractivity contribution in [3.8, 4) is 11.5 Å². The minimum Gasteiger partial charge on any atom is -0.508 e. The Bertz CT molecular complexity index is 865. The maximum atomic E-state index is 13.5. The topological polar surface area (TPSA) is 78.9 Å². The van der Waals surface area contributed by atoms with Crippen molar-refractivity contribution in [3.63, 3.8) is 0 Å². The first-order valence-corrected chi connectivity index (χ1v) is 10.6. The van der Waals surface area contributed by atoms with E-state index in [0.29, 0.717) is 29.8 Å². The predicted molar refractivity (Wildman–Crippen MR) is 112 cm³/mol. The number of ether oxygens (including phenoxy) is 1. The lowest BCUT2D eigenvalue weighted by Crippen LogP contribution is -2.56.